The van der Waals surface area contributed by atoms with E-state index in [0.29, 0.717) is 22.4 Å². The highest BCUT2D eigenvalue weighted by atomic mass is 35.5. The molecule has 0 fully saturated rings. The van der Waals surface area contributed by atoms with Gasteiger partial charge in [0.2, 0.25) is 0 Å². The first kappa shape index (κ1) is 15.7. The van der Waals surface area contributed by atoms with Crippen molar-refractivity contribution < 1.29 is 9.21 Å². The SMILES string of the molecule is O=C(NCc1ccc(Cl)cc1)c1ccc(-c2ccccc2Cl)o1. The van der Waals surface area contributed by atoms with Gasteiger partial charge in [0.25, 0.3) is 5.91 Å². The minimum atomic E-state index is -0.279. The average molecular weight is 346 g/mol. The quantitative estimate of drug-likeness (QED) is 0.707. The fourth-order valence-electron chi connectivity index (χ4n) is 2.14. The van der Waals surface area contributed by atoms with Crippen molar-refractivity contribution in [3.05, 3.63) is 82.0 Å². The van der Waals surface area contributed by atoms with Gasteiger partial charge in [-0.25, -0.2) is 0 Å². The Labute approximate surface area is 143 Å². The van der Waals surface area contributed by atoms with Crippen LogP contribution in [0.25, 0.3) is 11.3 Å². The highest BCUT2D eigenvalue weighted by molar-refractivity contribution is 6.33. The molecule has 1 heterocycles. The minimum absolute atomic E-state index is 0.244. The van der Waals surface area contributed by atoms with Crippen LogP contribution in [-0.4, -0.2) is 5.91 Å². The van der Waals surface area contributed by atoms with E-state index in [2.05, 4.69) is 5.32 Å². The summed E-state index contributed by atoms with van der Waals surface area (Å²) in [4.78, 5) is 12.2. The highest BCUT2D eigenvalue weighted by Crippen LogP contribution is 2.29. The normalized spacial score (nSPS) is 10.5. The number of hydrogen-bond donors (Lipinski definition) is 1. The zero-order chi connectivity index (χ0) is 16.2. The fraction of sp³-hybridized carbons (Fsp3) is 0.0556. The van der Waals surface area contributed by atoms with Crippen LogP contribution in [-0.2, 0) is 6.54 Å². The van der Waals surface area contributed by atoms with Crippen LogP contribution in [0.5, 0.6) is 0 Å². The largest absolute Gasteiger partial charge is 0.451 e. The lowest BCUT2D eigenvalue weighted by Gasteiger charge is -2.04. The van der Waals surface area contributed by atoms with Gasteiger partial charge >= 0.3 is 0 Å². The number of nitrogens with one attached hydrogen (secondary N) is 1. The molecule has 3 nitrogen and oxygen atoms in total. The summed E-state index contributed by atoms with van der Waals surface area (Å²) in [5, 5.41) is 4.05. The summed E-state index contributed by atoms with van der Waals surface area (Å²) in [6.07, 6.45) is 0. The summed E-state index contributed by atoms with van der Waals surface area (Å²) in [6, 6.07) is 18.0. The molecular formula is C18H13Cl2NO2. The fourth-order valence-corrected chi connectivity index (χ4v) is 2.49. The first-order chi connectivity index (χ1) is 11.1. The second-order valence-corrected chi connectivity index (χ2v) is 5.80. The maximum Gasteiger partial charge on any atom is 0.287 e. The number of amides is 1. The van der Waals surface area contributed by atoms with Gasteiger partial charge in [-0.1, -0.05) is 47.5 Å². The first-order valence-electron chi connectivity index (χ1n) is 7.01. The first-order valence-corrected chi connectivity index (χ1v) is 7.76. The summed E-state index contributed by atoms with van der Waals surface area (Å²) in [7, 11) is 0. The molecule has 0 bridgehead atoms. The number of benzene rings is 2. The van der Waals surface area contributed by atoms with Gasteiger partial charge < -0.3 is 9.73 Å². The van der Waals surface area contributed by atoms with Crippen LogP contribution >= 0.6 is 23.2 Å². The molecule has 23 heavy (non-hydrogen) atoms. The summed E-state index contributed by atoms with van der Waals surface area (Å²) in [6.45, 7) is 0.401. The lowest BCUT2D eigenvalue weighted by atomic mass is 10.2. The number of halogens is 2. The van der Waals surface area contributed by atoms with Gasteiger partial charge in [0.1, 0.15) is 5.76 Å². The van der Waals surface area contributed by atoms with Crippen LogP contribution in [0.1, 0.15) is 16.1 Å². The molecule has 0 unspecified atom stereocenters. The van der Waals surface area contributed by atoms with Gasteiger partial charge in [-0.2, -0.15) is 0 Å². The Kier molecular flexibility index (Phi) is 4.70. The van der Waals surface area contributed by atoms with Crippen LogP contribution in [0.3, 0.4) is 0 Å². The van der Waals surface area contributed by atoms with Crippen LogP contribution in [0.2, 0.25) is 10.0 Å². The molecule has 0 atom stereocenters. The van der Waals surface area contributed by atoms with E-state index in [1.807, 2.05) is 30.3 Å². The van der Waals surface area contributed by atoms with E-state index >= 15 is 0 Å². The van der Waals surface area contributed by atoms with Crippen molar-refractivity contribution in [3.8, 4) is 11.3 Å². The smallest absolute Gasteiger partial charge is 0.287 e. The van der Waals surface area contributed by atoms with E-state index < -0.39 is 0 Å². The third-order valence-electron chi connectivity index (χ3n) is 3.34. The topological polar surface area (TPSA) is 42.2 Å². The van der Waals surface area contributed by atoms with Gasteiger partial charge in [0, 0.05) is 17.1 Å². The summed E-state index contributed by atoms with van der Waals surface area (Å²) in [5.41, 5.74) is 1.71. The van der Waals surface area contributed by atoms with Crippen LogP contribution in [0.15, 0.2) is 65.1 Å². The van der Waals surface area contributed by atoms with Crippen LogP contribution < -0.4 is 5.32 Å². The van der Waals surface area contributed by atoms with Crippen molar-refractivity contribution in [2.24, 2.45) is 0 Å². The Bertz CT molecular complexity index is 825. The molecule has 1 N–H and O–H groups in total. The maximum atomic E-state index is 12.2. The minimum Gasteiger partial charge on any atom is -0.451 e. The standard InChI is InChI=1S/C18H13Cl2NO2/c19-13-7-5-12(6-8-13)11-21-18(22)17-10-9-16(23-17)14-3-1-2-4-15(14)20/h1-10H,11H2,(H,21,22). The van der Waals surface area contributed by atoms with Crippen molar-refractivity contribution in [3.63, 3.8) is 0 Å². The van der Waals surface area contributed by atoms with E-state index in [1.54, 1.807) is 30.3 Å². The van der Waals surface area contributed by atoms with Crippen LogP contribution in [0.4, 0.5) is 0 Å². The van der Waals surface area contributed by atoms with E-state index in [-0.39, 0.29) is 11.7 Å². The molecule has 116 valence electrons. The molecule has 0 aliphatic rings. The van der Waals surface area contributed by atoms with Crippen LogP contribution in [0, 0.1) is 0 Å². The number of rotatable bonds is 4. The zero-order valence-electron chi connectivity index (χ0n) is 12.1. The Morgan fingerprint density at radius 2 is 1.70 bits per heavy atom. The Hall–Kier alpha value is -2.23. The molecule has 1 aromatic heterocycles. The van der Waals surface area contributed by atoms with E-state index in [1.165, 1.54) is 0 Å². The monoisotopic (exact) mass is 345 g/mol. The van der Waals surface area contributed by atoms with E-state index in [0.717, 1.165) is 11.1 Å². The van der Waals surface area contributed by atoms with Gasteiger partial charge in [-0.05, 0) is 42.0 Å². The van der Waals surface area contributed by atoms with Crippen molar-refractivity contribution in [2.45, 2.75) is 6.54 Å². The van der Waals surface area contributed by atoms with Gasteiger partial charge in [0.05, 0.1) is 5.02 Å². The Morgan fingerprint density at radius 3 is 2.43 bits per heavy atom. The Balaban J connectivity index is 1.69. The second kappa shape index (κ2) is 6.90. The molecule has 2 aromatic carbocycles. The average Bonchev–Trinajstić information content (AvgIpc) is 3.04. The molecule has 5 heteroatoms. The lowest BCUT2D eigenvalue weighted by molar-refractivity contribution is 0.0924. The number of carbonyl (C=O) groups excluding carboxylic acids is 1. The van der Waals surface area contributed by atoms with Crippen molar-refractivity contribution in [2.75, 3.05) is 0 Å². The highest BCUT2D eigenvalue weighted by Gasteiger charge is 2.13. The molecule has 0 aliphatic carbocycles. The van der Waals surface area contributed by atoms with E-state index in [4.69, 9.17) is 27.6 Å². The third kappa shape index (κ3) is 3.76. The number of carbonyl (C=O) groups is 1. The maximum absolute atomic E-state index is 12.2. The summed E-state index contributed by atoms with van der Waals surface area (Å²) >= 11 is 12.0. The number of hydrogen-bond acceptors (Lipinski definition) is 2. The Morgan fingerprint density at radius 1 is 0.957 bits per heavy atom. The molecule has 0 aliphatic heterocycles. The van der Waals surface area contributed by atoms with Gasteiger partial charge in [-0.3, -0.25) is 4.79 Å². The molecule has 3 rings (SSSR count). The predicted octanol–water partition coefficient (Wildman–Crippen LogP) is 5.18. The predicted molar refractivity (Wildman–Crippen MR) is 91.8 cm³/mol. The number of furan rings is 1. The van der Waals surface area contributed by atoms with Gasteiger partial charge in [0.15, 0.2) is 5.76 Å². The molecular weight excluding hydrogens is 333 g/mol. The molecule has 0 saturated carbocycles. The summed E-state index contributed by atoms with van der Waals surface area (Å²) in [5.74, 6) is 0.527. The van der Waals surface area contributed by atoms with Crippen molar-refractivity contribution >= 4 is 29.1 Å². The summed E-state index contributed by atoms with van der Waals surface area (Å²) < 4.78 is 5.60. The van der Waals surface area contributed by atoms with Crippen molar-refractivity contribution in [1.29, 1.82) is 0 Å². The van der Waals surface area contributed by atoms with Crippen molar-refractivity contribution in [1.82, 2.24) is 5.32 Å². The molecule has 3 aromatic rings. The molecule has 0 spiro atoms. The van der Waals surface area contributed by atoms with Gasteiger partial charge in [-0.15, -0.1) is 0 Å². The zero-order valence-corrected chi connectivity index (χ0v) is 13.6. The molecule has 0 radical (unpaired) electrons. The second-order valence-electron chi connectivity index (χ2n) is 4.95. The lowest BCUT2D eigenvalue weighted by Crippen LogP contribution is -2.22. The van der Waals surface area contributed by atoms with E-state index in [9.17, 15) is 4.79 Å². The molecule has 0 saturated heterocycles. The molecule has 1 amide bonds. The third-order valence-corrected chi connectivity index (χ3v) is 3.92.